The molecule has 3 heterocycles. The zero-order valence-corrected chi connectivity index (χ0v) is 19.3. The van der Waals surface area contributed by atoms with Crippen LogP contribution in [0, 0.1) is 5.82 Å². The average molecular weight is 485 g/mol. The number of rotatable bonds is 4. The van der Waals surface area contributed by atoms with Crippen molar-refractivity contribution < 1.29 is 13.9 Å². The molecule has 0 unspecified atom stereocenters. The van der Waals surface area contributed by atoms with E-state index in [1.165, 1.54) is 16.6 Å². The van der Waals surface area contributed by atoms with E-state index >= 15 is 0 Å². The zero-order chi connectivity index (χ0) is 24.1. The summed E-state index contributed by atoms with van der Waals surface area (Å²) in [6.45, 7) is 0.256. The third-order valence-electron chi connectivity index (χ3n) is 5.91. The molecule has 172 valence electrons. The van der Waals surface area contributed by atoms with E-state index < -0.39 is 5.56 Å². The number of halogens is 1. The van der Waals surface area contributed by atoms with E-state index in [0.29, 0.717) is 38.9 Å². The van der Waals surface area contributed by atoms with Gasteiger partial charge in [0.05, 0.1) is 30.5 Å². The first kappa shape index (κ1) is 21.2. The van der Waals surface area contributed by atoms with Crippen LogP contribution in [0.25, 0.3) is 21.9 Å². The number of amides is 1. The van der Waals surface area contributed by atoms with E-state index in [2.05, 4.69) is 10.1 Å². The zero-order valence-electron chi connectivity index (χ0n) is 18.4. The lowest BCUT2D eigenvalue weighted by atomic mass is 10.1. The molecule has 1 aliphatic rings. The number of carbonyl (C=O) groups excluding carboxylic acids is 1. The Kier molecular flexibility index (Phi) is 4.93. The van der Waals surface area contributed by atoms with Crippen LogP contribution in [0.5, 0.6) is 5.75 Å². The number of carbonyl (C=O) groups is 1. The molecule has 9 heteroatoms. The number of fused-ring (bicyclic) bond motifs is 2. The minimum absolute atomic E-state index is 0.256. The second kappa shape index (κ2) is 8.14. The molecule has 0 radical (unpaired) electrons. The molecule has 7 nitrogen and oxygen atoms in total. The van der Waals surface area contributed by atoms with Crippen LogP contribution in [0.15, 0.2) is 77.6 Å². The summed E-state index contributed by atoms with van der Waals surface area (Å²) in [5.74, 6) is 0.344. The summed E-state index contributed by atoms with van der Waals surface area (Å²) in [4.78, 5) is 33.5. The first-order chi connectivity index (χ1) is 17.0. The van der Waals surface area contributed by atoms with Gasteiger partial charge in [-0.3, -0.25) is 9.59 Å². The minimum atomic E-state index is -0.402. The van der Waals surface area contributed by atoms with Gasteiger partial charge in [-0.05, 0) is 35.9 Å². The van der Waals surface area contributed by atoms with Gasteiger partial charge in [0.25, 0.3) is 11.5 Å². The summed E-state index contributed by atoms with van der Waals surface area (Å²) in [5, 5.41) is 4.41. The molecule has 35 heavy (non-hydrogen) atoms. The number of nitrogens with zero attached hydrogens (tertiary/aromatic N) is 4. The van der Waals surface area contributed by atoms with E-state index in [1.54, 1.807) is 30.2 Å². The Morgan fingerprint density at radius 3 is 2.40 bits per heavy atom. The Balaban J connectivity index is 1.49. The Labute approximate surface area is 202 Å². The predicted octanol–water partition coefficient (Wildman–Crippen LogP) is 3.43. The summed E-state index contributed by atoms with van der Waals surface area (Å²) < 4.78 is 20.3. The van der Waals surface area contributed by atoms with Gasteiger partial charge in [-0.1, -0.05) is 53.8 Å². The molecule has 1 amide bonds. The highest BCUT2D eigenvalue weighted by Crippen LogP contribution is 2.36. The molecular formula is C26H17FN4O3S. The quantitative estimate of drug-likeness (QED) is 0.391. The van der Waals surface area contributed by atoms with E-state index in [0.717, 1.165) is 16.9 Å². The normalized spacial score (nSPS) is 14.6. The number of anilines is 1. The number of ether oxygens (including phenoxy) is 1. The fraction of sp³-hybridized carbons (Fsp3) is 0.0769. The van der Waals surface area contributed by atoms with Crippen LogP contribution in [0.2, 0.25) is 0 Å². The van der Waals surface area contributed by atoms with Crippen molar-refractivity contribution >= 4 is 33.5 Å². The van der Waals surface area contributed by atoms with Gasteiger partial charge in [0.1, 0.15) is 16.1 Å². The van der Waals surface area contributed by atoms with Gasteiger partial charge in [-0.25, -0.2) is 4.39 Å². The van der Waals surface area contributed by atoms with E-state index in [1.807, 2.05) is 42.5 Å². The van der Waals surface area contributed by atoms with Crippen LogP contribution in [0.3, 0.4) is 0 Å². The number of methoxy groups -OCH3 is 1. The van der Waals surface area contributed by atoms with Gasteiger partial charge in [-0.15, -0.1) is 5.10 Å². The lowest BCUT2D eigenvalue weighted by molar-refractivity contribution is -0.113. The largest absolute Gasteiger partial charge is 0.496 e. The van der Waals surface area contributed by atoms with E-state index in [9.17, 15) is 14.0 Å². The number of para-hydroxylation sites is 2. The smallest absolute Gasteiger partial charge is 0.291 e. The second-order valence-corrected chi connectivity index (χ2v) is 8.95. The molecular weight excluding hydrogens is 467 g/mol. The molecule has 0 aliphatic carbocycles. The molecule has 2 aromatic heterocycles. The van der Waals surface area contributed by atoms with E-state index in [-0.39, 0.29) is 22.8 Å². The molecule has 3 aromatic carbocycles. The van der Waals surface area contributed by atoms with Crippen LogP contribution in [0.1, 0.15) is 11.1 Å². The molecule has 0 saturated heterocycles. The number of hydrogen-bond donors (Lipinski definition) is 0. The van der Waals surface area contributed by atoms with Crippen molar-refractivity contribution in [3.63, 3.8) is 0 Å². The molecule has 0 saturated carbocycles. The summed E-state index contributed by atoms with van der Waals surface area (Å²) in [7, 11) is 1.56. The van der Waals surface area contributed by atoms with Gasteiger partial charge < -0.3 is 9.64 Å². The van der Waals surface area contributed by atoms with Crippen LogP contribution in [-0.4, -0.2) is 27.6 Å². The van der Waals surface area contributed by atoms with Crippen LogP contribution in [0.4, 0.5) is 10.1 Å². The molecule has 5 aromatic rings. The molecule has 0 N–H and O–H groups in total. The molecule has 1 aliphatic heterocycles. The number of thiazole rings is 1. The van der Waals surface area contributed by atoms with Crippen molar-refractivity contribution in [1.82, 2.24) is 14.6 Å². The standard InChI is InChI=1S/C26H17FN4O3S/c1-34-20-9-5-3-7-18(20)23-28-26-31(29-23)25(33)22(35-26)21-17-6-2-4-8-19(17)30(24(21)32)14-15-10-12-16(27)13-11-15/h2-13H,14H2,1H3. The first-order valence-electron chi connectivity index (χ1n) is 10.8. The maximum atomic E-state index is 13.6. The molecule has 0 bridgehead atoms. The summed E-state index contributed by atoms with van der Waals surface area (Å²) in [6.07, 6.45) is 0. The first-order valence-corrected chi connectivity index (χ1v) is 11.6. The summed E-state index contributed by atoms with van der Waals surface area (Å²) in [5.41, 5.74) is 2.75. The molecule has 0 atom stereocenters. The van der Waals surface area contributed by atoms with Crippen molar-refractivity contribution in [1.29, 1.82) is 0 Å². The van der Waals surface area contributed by atoms with Crippen LogP contribution in [-0.2, 0) is 11.3 Å². The molecule has 6 rings (SSSR count). The Morgan fingerprint density at radius 1 is 0.943 bits per heavy atom. The second-order valence-electron chi connectivity index (χ2n) is 7.98. The number of benzene rings is 3. The Morgan fingerprint density at radius 2 is 1.66 bits per heavy atom. The van der Waals surface area contributed by atoms with Gasteiger partial charge in [0, 0.05) is 5.56 Å². The van der Waals surface area contributed by atoms with Gasteiger partial charge in [0.15, 0.2) is 5.82 Å². The molecule has 0 fully saturated rings. The fourth-order valence-electron chi connectivity index (χ4n) is 4.26. The Bertz CT molecular complexity index is 1730. The van der Waals surface area contributed by atoms with Crippen molar-refractivity contribution in [2.45, 2.75) is 6.54 Å². The number of hydrogen-bond acceptors (Lipinski definition) is 6. The van der Waals surface area contributed by atoms with Crippen molar-refractivity contribution in [2.24, 2.45) is 0 Å². The highest BCUT2D eigenvalue weighted by Gasteiger charge is 2.34. The van der Waals surface area contributed by atoms with Crippen molar-refractivity contribution in [2.75, 3.05) is 12.0 Å². The SMILES string of the molecule is COc1ccccc1-c1nc2sc(=C3C(=O)N(Cc4ccc(F)cc4)c4ccccc43)c(=O)n2n1. The molecule has 0 spiro atoms. The van der Waals surface area contributed by atoms with Crippen molar-refractivity contribution in [3.05, 3.63) is 105 Å². The maximum Gasteiger partial charge on any atom is 0.291 e. The van der Waals surface area contributed by atoms with Gasteiger partial charge >= 0.3 is 0 Å². The lowest BCUT2D eigenvalue weighted by Gasteiger charge is -2.17. The summed E-state index contributed by atoms with van der Waals surface area (Å²) in [6, 6.07) is 20.6. The Hall–Kier alpha value is -4.37. The third-order valence-corrected chi connectivity index (χ3v) is 6.94. The highest BCUT2D eigenvalue weighted by atomic mass is 32.1. The van der Waals surface area contributed by atoms with Crippen molar-refractivity contribution in [3.8, 4) is 17.1 Å². The van der Waals surface area contributed by atoms with E-state index in [4.69, 9.17) is 4.74 Å². The topological polar surface area (TPSA) is 76.8 Å². The predicted molar refractivity (Wildman–Crippen MR) is 131 cm³/mol. The highest BCUT2D eigenvalue weighted by molar-refractivity contribution is 7.15. The number of aromatic nitrogens is 3. The third kappa shape index (κ3) is 3.39. The van der Waals surface area contributed by atoms with Gasteiger partial charge in [-0.2, -0.15) is 9.50 Å². The lowest BCUT2D eigenvalue weighted by Crippen LogP contribution is -2.32. The summed E-state index contributed by atoms with van der Waals surface area (Å²) >= 11 is 1.13. The fourth-order valence-corrected chi connectivity index (χ4v) is 5.26. The average Bonchev–Trinajstić information content (AvgIpc) is 3.51. The maximum absolute atomic E-state index is 13.6. The monoisotopic (exact) mass is 484 g/mol. The van der Waals surface area contributed by atoms with Crippen LogP contribution >= 0.6 is 11.3 Å². The minimum Gasteiger partial charge on any atom is -0.496 e. The van der Waals surface area contributed by atoms with Crippen LogP contribution < -0.4 is 19.7 Å². The van der Waals surface area contributed by atoms with Gasteiger partial charge in [0.2, 0.25) is 4.96 Å².